The summed E-state index contributed by atoms with van der Waals surface area (Å²) in [6, 6.07) is 0. The first-order chi connectivity index (χ1) is 12.8. The highest BCUT2D eigenvalue weighted by atomic mass is 16.6. The Morgan fingerprint density at radius 1 is 1.11 bits per heavy atom. The Hall–Kier alpha value is -1.63. The van der Waals surface area contributed by atoms with E-state index in [1.807, 2.05) is 20.8 Å². The number of rotatable bonds is 8. The monoisotopic (exact) mass is 382 g/mol. The van der Waals surface area contributed by atoms with Gasteiger partial charge in [0.05, 0.1) is 17.4 Å². The molecule has 4 bridgehead atoms. The van der Waals surface area contributed by atoms with Crippen molar-refractivity contribution in [3.63, 3.8) is 0 Å². The molecule has 27 heavy (non-hydrogen) atoms. The first-order valence-electron chi connectivity index (χ1n) is 9.95. The average Bonchev–Trinajstić information content (AvgIpc) is 2.79. The molecular formula is C20H30O7. The highest BCUT2D eigenvalue weighted by Crippen LogP contribution is 2.48. The maximum Gasteiger partial charge on any atom is 0.332 e. The van der Waals surface area contributed by atoms with Crippen LogP contribution in [0.2, 0.25) is 0 Å². The Bertz CT molecular complexity index is 585. The van der Waals surface area contributed by atoms with Crippen molar-refractivity contribution in [2.45, 2.75) is 65.1 Å². The highest BCUT2D eigenvalue weighted by molar-refractivity contribution is 5.76. The van der Waals surface area contributed by atoms with Crippen LogP contribution in [0.3, 0.4) is 0 Å². The maximum atomic E-state index is 12.1. The molecule has 0 N–H and O–H groups in total. The van der Waals surface area contributed by atoms with E-state index in [1.54, 1.807) is 0 Å². The molecule has 2 saturated carbocycles. The molecular weight excluding hydrogens is 352 g/mol. The smallest absolute Gasteiger partial charge is 0.332 e. The molecule has 4 unspecified atom stereocenters. The molecule has 7 heteroatoms. The van der Waals surface area contributed by atoms with Crippen LogP contribution in [0, 0.1) is 23.2 Å². The van der Waals surface area contributed by atoms with Gasteiger partial charge < -0.3 is 18.9 Å². The number of esters is 3. The largest absolute Gasteiger partial charge is 0.462 e. The number of carbonyl (C=O) groups is 3. The third-order valence-electron chi connectivity index (χ3n) is 6.25. The molecule has 0 radical (unpaired) electrons. The molecule has 2 aliphatic heterocycles. The van der Waals surface area contributed by atoms with E-state index in [2.05, 4.69) is 0 Å². The van der Waals surface area contributed by atoms with E-state index in [0.29, 0.717) is 12.3 Å². The van der Waals surface area contributed by atoms with E-state index in [1.165, 1.54) is 0 Å². The van der Waals surface area contributed by atoms with Gasteiger partial charge in [0.1, 0.15) is 25.9 Å². The molecule has 2 saturated heterocycles. The van der Waals surface area contributed by atoms with Crippen molar-refractivity contribution in [1.82, 2.24) is 0 Å². The van der Waals surface area contributed by atoms with Crippen LogP contribution in [0.4, 0.5) is 0 Å². The van der Waals surface area contributed by atoms with Gasteiger partial charge in [0.15, 0.2) is 0 Å². The second-order valence-electron chi connectivity index (χ2n) is 8.61. The molecule has 0 amide bonds. The fourth-order valence-corrected chi connectivity index (χ4v) is 4.34. The average molecular weight is 382 g/mol. The molecule has 7 nitrogen and oxygen atoms in total. The van der Waals surface area contributed by atoms with Crippen molar-refractivity contribution >= 4 is 17.9 Å². The summed E-state index contributed by atoms with van der Waals surface area (Å²) in [5, 5.41) is 0. The highest BCUT2D eigenvalue weighted by Gasteiger charge is 2.50. The molecule has 152 valence electrons. The van der Waals surface area contributed by atoms with Crippen LogP contribution in [0.15, 0.2) is 0 Å². The second-order valence-corrected chi connectivity index (χ2v) is 8.61. The van der Waals surface area contributed by atoms with Crippen molar-refractivity contribution in [2.75, 3.05) is 19.8 Å². The number of hydrogen-bond acceptors (Lipinski definition) is 7. The fourth-order valence-electron chi connectivity index (χ4n) is 4.34. The first-order valence-corrected chi connectivity index (χ1v) is 9.95. The summed E-state index contributed by atoms with van der Waals surface area (Å²) >= 11 is 0. The van der Waals surface area contributed by atoms with Crippen molar-refractivity contribution in [3.05, 3.63) is 0 Å². The zero-order valence-electron chi connectivity index (χ0n) is 16.4. The lowest BCUT2D eigenvalue weighted by molar-refractivity contribution is -0.169. The summed E-state index contributed by atoms with van der Waals surface area (Å²) in [6.07, 6.45) is 3.76. The molecule has 4 rings (SSSR count). The zero-order chi connectivity index (χ0) is 19.6. The fraction of sp³-hybridized carbons (Fsp3) is 0.850. The third kappa shape index (κ3) is 4.62. The summed E-state index contributed by atoms with van der Waals surface area (Å²) in [6.45, 7) is 5.40. The molecule has 0 aromatic carbocycles. The van der Waals surface area contributed by atoms with Gasteiger partial charge in [-0.3, -0.25) is 9.59 Å². The quantitative estimate of drug-likeness (QED) is 0.361. The van der Waals surface area contributed by atoms with Crippen LogP contribution in [-0.2, 0) is 33.3 Å². The number of hydrogen-bond donors (Lipinski definition) is 0. The Kier molecular flexibility index (Phi) is 6.08. The normalized spacial score (nSPS) is 32.0. The lowest BCUT2D eigenvalue weighted by Crippen LogP contribution is -2.45. The number of fused-ring (bicyclic) bond motifs is 1. The van der Waals surface area contributed by atoms with E-state index in [-0.39, 0.29) is 55.8 Å². The van der Waals surface area contributed by atoms with Crippen LogP contribution in [-0.4, -0.2) is 49.9 Å². The predicted molar refractivity (Wildman–Crippen MR) is 94.5 cm³/mol. The standard InChI is InChI=1S/C20H30O7/c1-4-20(2,3)19(23)25-6-5-24-16(21)11-26-17-13-7-12-8-14(10-13)18(22)27-15(17)9-12/h12-15,17H,4-11H2,1-3H3/t12?,13?,14?,15?,17-/m0/s1. The summed E-state index contributed by atoms with van der Waals surface area (Å²) < 4.78 is 21.6. The van der Waals surface area contributed by atoms with Gasteiger partial charge in [-0.25, -0.2) is 4.79 Å². The van der Waals surface area contributed by atoms with Crippen LogP contribution in [0.1, 0.15) is 52.9 Å². The second kappa shape index (κ2) is 8.17. The topological polar surface area (TPSA) is 88.1 Å². The molecule has 4 aliphatic rings. The summed E-state index contributed by atoms with van der Waals surface area (Å²) in [5.41, 5.74) is -0.539. The number of ether oxygens (including phenoxy) is 4. The minimum absolute atomic E-state index is 0.00435. The van der Waals surface area contributed by atoms with E-state index in [4.69, 9.17) is 18.9 Å². The summed E-state index contributed by atoms with van der Waals surface area (Å²) in [7, 11) is 0. The maximum absolute atomic E-state index is 12.1. The van der Waals surface area contributed by atoms with E-state index in [0.717, 1.165) is 25.7 Å². The van der Waals surface area contributed by atoms with Crippen LogP contribution in [0.5, 0.6) is 0 Å². The summed E-state index contributed by atoms with van der Waals surface area (Å²) in [5.74, 6) is -0.134. The lowest BCUT2D eigenvalue weighted by atomic mass is 9.67. The Morgan fingerprint density at radius 2 is 1.85 bits per heavy atom. The zero-order valence-corrected chi connectivity index (χ0v) is 16.4. The van der Waals surface area contributed by atoms with Gasteiger partial charge in [-0.1, -0.05) is 6.92 Å². The minimum Gasteiger partial charge on any atom is -0.462 e. The van der Waals surface area contributed by atoms with Crippen LogP contribution >= 0.6 is 0 Å². The minimum atomic E-state index is -0.539. The van der Waals surface area contributed by atoms with Gasteiger partial charge in [0.25, 0.3) is 0 Å². The van der Waals surface area contributed by atoms with Gasteiger partial charge in [0.2, 0.25) is 0 Å². The SMILES string of the molecule is CCC(C)(C)C(=O)OCCOC(=O)CO[C@H]1C2CC3CC(C2)C(=O)OC1C3. The van der Waals surface area contributed by atoms with Gasteiger partial charge in [0, 0.05) is 0 Å². The van der Waals surface area contributed by atoms with Gasteiger partial charge >= 0.3 is 17.9 Å². The predicted octanol–water partition coefficient (Wildman–Crippen LogP) is 2.26. The lowest BCUT2D eigenvalue weighted by Gasteiger charge is -2.41. The summed E-state index contributed by atoms with van der Waals surface area (Å²) in [4.78, 5) is 35.8. The van der Waals surface area contributed by atoms with E-state index < -0.39 is 11.4 Å². The van der Waals surface area contributed by atoms with Crippen LogP contribution < -0.4 is 0 Å². The van der Waals surface area contributed by atoms with Gasteiger partial charge in [-0.15, -0.1) is 0 Å². The molecule has 0 aromatic rings. The first kappa shape index (κ1) is 20.1. The van der Waals surface area contributed by atoms with Crippen LogP contribution in [0.25, 0.3) is 0 Å². The van der Waals surface area contributed by atoms with Crippen molar-refractivity contribution in [2.24, 2.45) is 23.2 Å². The van der Waals surface area contributed by atoms with E-state index >= 15 is 0 Å². The Balaban J connectivity index is 1.38. The molecule has 0 aromatic heterocycles. The van der Waals surface area contributed by atoms with Gasteiger partial charge in [-0.2, -0.15) is 0 Å². The van der Waals surface area contributed by atoms with Crippen molar-refractivity contribution in [1.29, 1.82) is 0 Å². The number of carbonyl (C=O) groups excluding carboxylic acids is 3. The molecule has 2 aliphatic carbocycles. The third-order valence-corrected chi connectivity index (χ3v) is 6.25. The van der Waals surface area contributed by atoms with Gasteiger partial charge in [-0.05, 0) is 57.8 Å². The molecule has 0 spiro atoms. The Labute approximate surface area is 160 Å². The molecule has 5 atom stereocenters. The van der Waals surface area contributed by atoms with E-state index in [9.17, 15) is 14.4 Å². The molecule has 4 fully saturated rings. The Morgan fingerprint density at radius 3 is 2.59 bits per heavy atom. The van der Waals surface area contributed by atoms with Crippen molar-refractivity contribution in [3.8, 4) is 0 Å². The van der Waals surface area contributed by atoms with Crippen molar-refractivity contribution < 1.29 is 33.3 Å². The molecule has 2 heterocycles.